The highest BCUT2D eigenvalue weighted by molar-refractivity contribution is 6.30. The molecule has 0 saturated heterocycles. The van der Waals surface area contributed by atoms with Crippen LogP contribution in [-0.2, 0) is 6.42 Å². The fourth-order valence-electron chi connectivity index (χ4n) is 1.32. The lowest BCUT2D eigenvalue weighted by atomic mass is 10.3. The third-order valence-electron chi connectivity index (χ3n) is 2.10. The van der Waals surface area contributed by atoms with Crippen LogP contribution in [0.4, 0.5) is 5.82 Å². The molecule has 0 aliphatic rings. The van der Waals surface area contributed by atoms with Gasteiger partial charge < -0.3 is 10.5 Å². The lowest BCUT2D eigenvalue weighted by Crippen LogP contribution is -2.01. The summed E-state index contributed by atoms with van der Waals surface area (Å²) in [6, 6.07) is 9.06. The van der Waals surface area contributed by atoms with E-state index in [-0.39, 0.29) is 0 Å². The van der Waals surface area contributed by atoms with E-state index in [4.69, 9.17) is 22.1 Å². The second kappa shape index (κ2) is 4.90. The van der Waals surface area contributed by atoms with E-state index in [2.05, 4.69) is 10.2 Å². The molecule has 0 aliphatic carbocycles. The molecule has 4 nitrogen and oxygen atoms in total. The molecule has 2 aromatic rings. The standard InChI is InChI=1S/C11H12ClN3O/c12-8-1-3-10(4-2-8)16-6-5-9-7-11(13)15-14-9/h1-4,7H,5-6H2,(H3,13,14,15). The predicted molar refractivity (Wildman–Crippen MR) is 63.7 cm³/mol. The van der Waals surface area contributed by atoms with E-state index in [1.807, 2.05) is 12.1 Å². The Morgan fingerprint density at radius 2 is 2.06 bits per heavy atom. The highest BCUT2D eigenvalue weighted by atomic mass is 35.5. The summed E-state index contributed by atoms with van der Waals surface area (Å²) in [5.41, 5.74) is 6.44. The van der Waals surface area contributed by atoms with Gasteiger partial charge in [-0.1, -0.05) is 11.6 Å². The van der Waals surface area contributed by atoms with Crippen molar-refractivity contribution in [2.24, 2.45) is 0 Å². The van der Waals surface area contributed by atoms with Crippen molar-refractivity contribution in [2.45, 2.75) is 6.42 Å². The maximum Gasteiger partial charge on any atom is 0.145 e. The molecule has 0 atom stereocenters. The van der Waals surface area contributed by atoms with Gasteiger partial charge in [0.1, 0.15) is 11.6 Å². The molecule has 2 rings (SSSR count). The molecule has 0 amide bonds. The first-order chi connectivity index (χ1) is 7.74. The van der Waals surface area contributed by atoms with E-state index in [0.29, 0.717) is 17.4 Å². The molecule has 3 N–H and O–H groups in total. The molecule has 0 saturated carbocycles. The molecule has 1 aromatic carbocycles. The van der Waals surface area contributed by atoms with Crippen LogP contribution in [0.2, 0.25) is 5.02 Å². The number of hydrogen-bond acceptors (Lipinski definition) is 3. The van der Waals surface area contributed by atoms with Crippen molar-refractivity contribution in [3.05, 3.63) is 41.0 Å². The van der Waals surface area contributed by atoms with Gasteiger partial charge in [-0.25, -0.2) is 0 Å². The number of halogens is 1. The maximum atomic E-state index is 5.76. The average molecular weight is 238 g/mol. The first-order valence-electron chi connectivity index (χ1n) is 4.92. The van der Waals surface area contributed by atoms with Crippen LogP contribution in [0.3, 0.4) is 0 Å². The highest BCUT2D eigenvalue weighted by Crippen LogP contribution is 2.15. The summed E-state index contributed by atoms with van der Waals surface area (Å²) in [4.78, 5) is 0. The van der Waals surface area contributed by atoms with Crippen LogP contribution >= 0.6 is 11.6 Å². The molecule has 1 aromatic heterocycles. The minimum atomic E-state index is 0.501. The van der Waals surface area contributed by atoms with Gasteiger partial charge in [0.15, 0.2) is 0 Å². The quantitative estimate of drug-likeness (QED) is 0.858. The molecular formula is C11H12ClN3O. The predicted octanol–water partition coefficient (Wildman–Crippen LogP) is 2.27. The Bertz CT molecular complexity index is 453. The number of aromatic nitrogens is 2. The molecule has 1 heterocycles. The second-order valence-electron chi connectivity index (χ2n) is 3.37. The maximum absolute atomic E-state index is 5.76. The summed E-state index contributed by atoms with van der Waals surface area (Å²) in [5, 5.41) is 7.36. The Labute approximate surface area is 98.4 Å². The van der Waals surface area contributed by atoms with Crippen molar-refractivity contribution in [1.82, 2.24) is 10.2 Å². The monoisotopic (exact) mass is 237 g/mol. The average Bonchev–Trinajstić information content (AvgIpc) is 2.67. The Kier molecular flexibility index (Phi) is 3.31. The first kappa shape index (κ1) is 10.8. The number of ether oxygens (including phenoxy) is 1. The molecule has 84 valence electrons. The van der Waals surface area contributed by atoms with Crippen molar-refractivity contribution >= 4 is 17.4 Å². The van der Waals surface area contributed by atoms with Crippen molar-refractivity contribution in [3.8, 4) is 5.75 Å². The topological polar surface area (TPSA) is 63.9 Å². The number of anilines is 1. The van der Waals surface area contributed by atoms with E-state index in [1.54, 1.807) is 18.2 Å². The summed E-state index contributed by atoms with van der Waals surface area (Å²) < 4.78 is 5.53. The van der Waals surface area contributed by atoms with Crippen LogP contribution < -0.4 is 10.5 Å². The Hall–Kier alpha value is -1.68. The Morgan fingerprint density at radius 3 is 2.69 bits per heavy atom. The van der Waals surface area contributed by atoms with E-state index >= 15 is 0 Å². The zero-order valence-electron chi connectivity index (χ0n) is 8.61. The molecule has 0 bridgehead atoms. The van der Waals surface area contributed by atoms with Crippen molar-refractivity contribution in [1.29, 1.82) is 0 Å². The van der Waals surface area contributed by atoms with Gasteiger partial charge in [-0.15, -0.1) is 0 Å². The van der Waals surface area contributed by atoms with Crippen molar-refractivity contribution < 1.29 is 4.74 Å². The SMILES string of the molecule is Nc1cc(CCOc2ccc(Cl)cc2)[nH]n1. The van der Waals surface area contributed by atoms with E-state index < -0.39 is 0 Å². The molecule has 0 spiro atoms. The highest BCUT2D eigenvalue weighted by Gasteiger charge is 1.98. The van der Waals surface area contributed by atoms with Gasteiger partial charge in [-0.05, 0) is 24.3 Å². The largest absolute Gasteiger partial charge is 0.493 e. The lowest BCUT2D eigenvalue weighted by Gasteiger charge is -2.04. The minimum Gasteiger partial charge on any atom is -0.493 e. The van der Waals surface area contributed by atoms with E-state index in [1.165, 1.54) is 0 Å². The summed E-state index contributed by atoms with van der Waals surface area (Å²) in [5.74, 6) is 1.30. The molecule has 0 fully saturated rings. The number of aromatic amines is 1. The normalized spacial score (nSPS) is 10.3. The fraction of sp³-hybridized carbons (Fsp3) is 0.182. The second-order valence-corrected chi connectivity index (χ2v) is 3.81. The van der Waals surface area contributed by atoms with E-state index in [9.17, 15) is 0 Å². The summed E-state index contributed by atoms with van der Waals surface area (Å²) >= 11 is 5.76. The summed E-state index contributed by atoms with van der Waals surface area (Å²) in [6.45, 7) is 0.573. The van der Waals surface area contributed by atoms with Crippen LogP contribution in [0.25, 0.3) is 0 Å². The van der Waals surface area contributed by atoms with Crippen molar-refractivity contribution in [2.75, 3.05) is 12.3 Å². The van der Waals surface area contributed by atoms with Crippen LogP contribution in [0, 0.1) is 0 Å². The van der Waals surface area contributed by atoms with Crippen LogP contribution in [-0.4, -0.2) is 16.8 Å². The number of nitrogens with zero attached hydrogens (tertiary/aromatic N) is 1. The molecule has 5 heteroatoms. The van der Waals surface area contributed by atoms with Gasteiger partial charge in [0.25, 0.3) is 0 Å². The number of benzene rings is 1. The summed E-state index contributed by atoms with van der Waals surface area (Å²) in [6.07, 6.45) is 0.743. The lowest BCUT2D eigenvalue weighted by molar-refractivity contribution is 0.320. The number of H-pyrrole nitrogens is 1. The number of nitrogens with one attached hydrogen (secondary N) is 1. The van der Waals surface area contributed by atoms with Gasteiger partial charge in [-0.2, -0.15) is 5.10 Å². The van der Waals surface area contributed by atoms with Gasteiger partial charge in [0.2, 0.25) is 0 Å². The Morgan fingerprint density at radius 1 is 1.31 bits per heavy atom. The molecular weight excluding hydrogens is 226 g/mol. The van der Waals surface area contributed by atoms with Crippen LogP contribution in [0.1, 0.15) is 5.69 Å². The fourth-order valence-corrected chi connectivity index (χ4v) is 1.44. The van der Waals surface area contributed by atoms with Gasteiger partial charge in [0.05, 0.1) is 6.61 Å². The molecule has 0 unspecified atom stereocenters. The number of nitrogen functional groups attached to an aromatic ring is 1. The Balaban J connectivity index is 1.82. The van der Waals surface area contributed by atoms with Gasteiger partial charge in [0, 0.05) is 23.2 Å². The number of nitrogens with two attached hydrogens (primary N) is 1. The molecule has 16 heavy (non-hydrogen) atoms. The van der Waals surface area contributed by atoms with Crippen LogP contribution in [0.15, 0.2) is 30.3 Å². The zero-order valence-corrected chi connectivity index (χ0v) is 9.37. The zero-order chi connectivity index (χ0) is 11.4. The van der Waals surface area contributed by atoms with E-state index in [0.717, 1.165) is 17.9 Å². The smallest absolute Gasteiger partial charge is 0.145 e. The first-order valence-corrected chi connectivity index (χ1v) is 5.30. The number of rotatable bonds is 4. The van der Waals surface area contributed by atoms with Crippen molar-refractivity contribution in [3.63, 3.8) is 0 Å². The summed E-state index contributed by atoms with van der Waals surface area (Å²) in [7, 11) is 0. The van der Waals surface area contributed by atoms with Gasteiger partial charge in [-0.3, -0.25) is 5.10 Å². The molecule has 0 aliphatic heterocycles. The molecule has 0 radical (unpaired) electrons. The van der Waals surface area contributed by atoms with Gasteiger partial charge >= 0.3 is 0 Å². The minimum absolute atomic E-state index is 0.501. The third kappa shape index (κ3) is 2.90. The number of hydrogen-bond donors (Lipinski definition) is 2. The third-order valence-corrected chi connectivity index (χ3v) is 2.36. The van der Waals surface area contributed by atoms with Crippen LogP contribution in [0.5, 0.6) is 5.75 Å².